The van der Waals surface area contributed by atoms with Gasteiger partial charge in [-0.2, -0.15) is 4.31 Å². The summed E-state index contributed by atoms with van der Waals surface area (Å²) < 4.78 is 45.9. The van der Waals surface area contributed by atoms with Crippen molar-refractivity contribution in [1.29, 1.82) is 0 Å². The first-order valence-electron chi connectivity index (χ1n) is 10.2. The Morgan fingerprint density at radius 1 is 1.00 bits per heavy atom. The van der Waals surface area contributed by atoms with Gasteiger partial charge in [0.05, 0.1) is 22.2 Å². The van der Waals surface area contributed by atoms with Crippen LogP contribution in [0.15, 0.2) is 59.5 Å². The maximum absolute atomic E-state index is 13.4. The zero-order chi connectivity index (χ0) is 22.7. The molecule has 0 atom stereocenters. The van der Waals surface area contributed by atoms with E-state index in [4.69, 9.17) is 16.3 Å². The summed E-state index contributed by atoms with van der Waals surface area (Å²) in [6, 6.07) is 14.8. The Morgan fingerprint density at radius 3 is 2.31 bits per heavy atom. The topological polar surface area (TPSA) is 75.6 Å². The summed E-state index contributed by atoms with van der Waals surface area (Å²) in [4.78, 5) is 1.97. The van der Waals surface area contributed by atoms with Crippen LogP contribution in [0.1, 0.15) is 6.92 Å². The molecule has 32 heavy (non-hydrogen) atoms. The van der Waals surface area contributed by atoms with Gasteiger partial charge in [-0.05, 0) is 61.5 Å². The van der Waals surface area contributed by atoms with E-state index in [0.717, 1.165) is 29.1 Å². The maximum atomic E-state index is 13.4. The molecule has 1 fully saturated rings. The molecule has 0 spiro atoms. The van der Waals surface area contributed by atoms with E-state index in [9.17, 15) is 12.8 Å². The molecule has 0 radical (unpaired) electrons. The quantitative estimate of drug-likeness (QED) is 0.538. The van der Waals surface area contributed by atoms with Crippen molar-refractivity contribution < 1.29 is 17.5 Å². The molecule has 3 aromatic rings. The molecule has 1 saturated heterocycles. The van der Waals surface area contributed by atoms with Crippen molar-refractivity contribution in [3.8, 4) is 17.0 Å². The summed E-state index contributed by atoms with van der Waals surface area (Å²) in [6.45, 7) is 4.03. The molecule has 2 heterocycles. The van der Waals surface area contributed by atoms with Crippen LogP contribution in [0.5, 0.6) is 5.75 Å². The molecule has 0 unspecified atom stereocenters. The first-order valence-corrected chi connectivity index (χ1v) is 12.0. The number of piperazine rings is 1. The Kier molecular flexibility index (Phi) is 6.59. The van der Waals surface area contributed by atoms with Crippen LogP contribution in [0.3, 0.4) is 0 Å². The Bertz CT molecular complexity index is 1180. The first-order chi connectivity index (χ1) is 15.4. The third kappa shape index (κ3) is 4.69. The van der Waals surface area contributed by atoms with Gasteiger partial charge in [-0.25, -0.2) is 12.8 Å². The Labute approximate surface area is 191 Å². The molecule has 1 aromatic heterocycles. The number of nitrogens with zero attached hydrogens (tertiary/aromatic N) is 4. The summed E-state index contributed by atoms with van der Waals surface area (Å²) in [5.41, 5.74) is 1.67. The fourth-order valence-electron chi connectivity index (χ4n) is 3.48. The van der Waals surface area contributed by atoms with Crippen LogP contribution in [-0.2, 0) is 10.0 Å². The van der Waals surface area contributed by atoms with Crippen molar-refractivity contribution in [3.05, 3.63) is 65.4 Å². The van der Waals surface area contributed by atoms with Crippen LogP contribution in [0.4, 0.5) is 10.2 Å². The van der Waals surface area contributed by atoms with E-state index in [-0.39, 0.29) is 23.0 Å². The van der Waals surface area contributed by atoms with Crippen molar-refractivity contribution in [2.45, 2.75) is 11.8 Å². The van der Waals surface area contributed by atoms with Crippen LogP contribution >= 0.6 is 11.6 Å². The SMILES string of the molecule is CCOc1ccc(-c2ccc(N3CCN(S(=O)(=O)c4ccc(F)c(Cl)c4)CC3)nn2)cc1. The zero-order valence-corrected chi connectivity index (χ0v) is 19.0. The summed E-state index contributed by atoms with van der Waals surface area (Å²) >= 11 is 5.75. The van der Waals surface area contributed by atoms with Crippen molar-refractivity contribution in [2.24, 2.45) is 0 Å². The summed E-state index contributed by atoms with van der Waals surface area (Å²) in [5.74, 6) is 0.834. The Morgan fingerprint density at radius 2 is 1.72 bits per heavy atom. The lowest BCUT2D eigenvalue weighted by Crippen LogP contribution is -2.49. The molecule has 1 aliphatic heterocycles. The minimum atomic E-state index is -3.75. The highest BCUT2D eigenvalue weighted by atomic mass is 35.5. The fraction of sp³-hybridized carbons (Fsp3) is 0.273. The van der Waals surface area contributed by atoms with Gasteiger partial charge in [0.1, 0.15) is 11.6 Å². The Balaban J connectivity index is 1.41. The number of sulfonamides is 1. The standard InChI is InChI=1S/C22H22ClFN4O3S/c1-2-31-17-5-3-16(4-6-17)21-9-10-22(26-25-21)27-11-13-28(14-12-27)32(29,30)18-7-8-20(24)19(23)15-18/h3-10,15H,2,11-14H2,1H3. The molecular formula is C22H22ClFN4O3S. The second-order valence-corrected chi connectivity index (χ2v) is 9.55. The van der Waals surface area contributed by atoms with E-state index in [0.29, 0.717) is 25.5 Å². The zero-order valence-electron chi connectivity index (χ0n) is 17.4. The van der Waals surface area contributed by atoms with Gasteiger partial charge >= 0.3 is 0 Å². The predicted octanol–water partition coefficient (Wildman–Crippen LogP) is 3.85. The van der Waals surface area contributed by atoms with E-state index in [1.165, 1.54) is 10.4 Å². The van der Waals surface area contributed by atoms with E-state index < -0.39 is 15.8 Å². The number of aromatic nitrogens is 2. The second-order valence-electron chi connectivity index (χ2n) is 7.20. The molecule has 0 amide bonds. The van der Waals surface area contributed by atoms with Crippen molar-refractivity contribution >= 4 is 27.4 Å². The highest BCUT2D eigenvalue weighted by Crippen LogP contribution is 2.25. The van der Waals surface area contributed by atoms with Gasteiger partial charge in [0, 0.05) is 31.7 Å². The molecule has 10 heteroatoms. The minimum Gasteiger partial charge on any atom is -0.494 e. The normalized spacial score (nSPS) is 15.0. The number of benzene rings is 2. The number of rotatable bonds is 6. The number of anilines is 1. The largest absolute Gasteiger partial charge is 0.494 e. The van der Waals surface area contributed by atoms with E-state index in [2.05, 4.69) is 10.2 Å². The monoisotopic (exact) mass is 476 g/mol. The van der Waals surface area contributed by atoms with E-state index >= 15 is 0 Å². The lowest BCUT2D eigenvalue weighted by molar-refractivity contribution is 0.340. The van der Waals surface area contributed by atoms with Gasteiger partial charge in [0.2, 0.25) is 10.0 Å². The van der Waals surface area contributed by atoms with Gasteiger partial charge in [-0.15, -0.1) is 10.2 Å². The van der Waals surface area contributed by atoms with E-state index in [1.54, 1.807) is 0 Å². The second kappa shape index (κ2) is 9.40. The maximum Gasteiger partial charge on any atom is 0.243 e. The third-order valence-electron chi connectivity index (χ3n) is 5.20. The van der Waals surface area contributed by atoms with Gasteiger partial charge in [-0.1, -0.05) is 11.6 Å². The molecule has 0 N–H and O–H groups in total. The van der Waals surface area contributed by atoms with Crippen molar-refractivity contribution in [1.82, 2.24) is 14.5 Å². The molecule has 0 aliphatic carbocycles. The predicted molar refractivity (Wildman–Crippen MR) is 121 cm³/mol. The van der Waals surface area contributed by atoms with Gasteiger partial charge in [0.25, 0.3) is 0 Å². The first kappa shape index (κ1) is 22.4. The molecule has 4 rings (SSSR count). The van der Waals surface area contributed by atoms with Crippen LogP contribution in [0, 0.1) is 5.82 Å². The average Bonchev–Trinajstić information content (AvgIpc) is 2.82. The third-order valence-corrected chi connectivity index (χ3v) is 7.39. The van der Waals surface area contributed by atoms with Crippen LogP contribution < -0.4 is 9.64 Å². The Hall–Kier alpha value is -2.75. The molecule has 1 aliphatic rings. The average molecular weight is 477 g/mol. The molecular weight excluding hydrogens is 455 g/mol. The van der Waals surface area contributed by atoms with Crippen LogP contribution in [0.25, 0.3) is 11.3 Å². The fourth-order valence-corrected chi connectivity index (χ4v) is 5.17. The molecule has 0 bridgehead atoms. The number of ether oxygens (including phenoxy) is 1. The van der Waals surface area contributed by atoms with Crippen LogP contribution in [-0.4, -0.2) is 55.7 Å². The minimum absolute atomic E-state index is 0.0168. The molecule has 0 saturated carbocycles. The number of hydrogen-bond donors (Lipinski definition) is 0. The lowest BCUT2D eigenvalue weighted by atomic mass is 10.1. The summed E-state index contributed by atoms with van der Waals surface area (Å²) in [7, 11) is -3.75. The number of halogens is 2. The van der Waals surface area contributed by atoms with E-state index in [1.807, 2.05) is 48.2 Å². The lowest BCUT2D eigenvalue weighted by Gasteiger charge is -2.34. The summed E-state index contributed by atoms with van der Waals surface area (Å²) in [5, 5.41) is 8.43. The van der Waals surface area contributed by atoms with Gasteiger partial charge < -0.3 is 9.64 Å². The van der Waals surface area contributed by atoms with Gasteiger partial charge in [-0.3, -0.25) is 0 Å². The molecule has 2 aromatic carbocycles. The van der Waals surface area contributed by atoms with Crippen LogP contribution in [0.2, 0.25) is 5.02 Å². The van der Waals surface area contributed by atoms with Crippen molar-refractivity contribution in [2.75, 3.05) is 37.7 Å². The molecule has 168 valence electrons. The smallest absolute Gasteiger partial charge is 0.243 e. The highest BCUT2D eigenvalue weighted by Gasteiger charge is 2.29. The highest BCUT2D eigenvalue weighted by molar-refractivity contribution is 7.89. The van der Waals surface area contributed by atoms with Gasteiger partial charge in [0.15, 0.2) is 5.82 Å². The molecule has 7 nitrogen and oxygen atoms in total. The number of hydrogen-bond acceptors (Lipinski definition) is 6. The van der Waals surface area contributed by atoms with Crippen molar-refractivity contribution in [3.63, 3.8) is 0 Å². The summed E-state index contributed by atoms with van der Waals surface area (Å²) in [6.07, 6.45) is 0.